The summed E-state index contributed by atoms with van der Waals surface area (Å²) in [6.07, 6.45) is 7.19. The Morgan fingerprint density at radius 2 is 2.04 bits per heavy atom. The van der Waals surface area contributed by atoms with Crippen LogP contribution in [0.1, 0.15) is 56.0 Å². The van der Waals surface area contributed by atoms with Crippen LogP contribution in [0, 0.1) is 0 Å². The van der Waals surface area contributed by atoms with Gasteiger partial charge < -0.3 is 10.1 Å². The van der Waals surface area contributed by atoms with Crippen LogP contribution in [-0.4, -0.2) is 28.4 Å². The lowest BCUT2D eigenvalue weighted by Crippen LogP contribution is -2.24. The fourth-order valence-electron chi connectivity index (χ4n) is 3.01. The predicted octanol–water partition coefficient (Wildman–Crippen LogP) is 4.00. The van der Waals surface area contributed by atoms with Crippen LogP contribution in [0.5, 0.6) is 0 Å². The van der Waals surface area contributed by atoms with Gasteiger partial charge in [0.2, 0.25) is 0 Å². The maximum atomic E-state index is 12.4. The summed E-state index contributed by atoms with van der Waals surface area (Å²) < 4.78 is 7.57. The second kappa shape index (κ2) is 7.40. The summed E-state index contributed by atoms with van der Waals surface area (Å²) in [7, 11) is 0. The SMILES string of the molecule is CC(C)(C)c1ccc(C(=O)Nc2cnn(CC3CCCCO3)c2)cc1. The third kappa shape index (κ3) is 4.69. The van der Waals surface area contributed by atoms with E-state index in [4.69, 9.17) is 4.74 Å². The lowest BCUT2D eigenvalue weighted by atomic mass is 9.87. The van der Waals surface area contributed by atoms with Crippen LogP contribution in [-0.2, 0) is 16.7 Å². The molecule has 1 aromatic heterocycles. The van der Waals surface area contributed by atoms with E-state index in [2.05, 4.69) is 31.2 Å². The summed E-state index contributed by atoms with van der Waals surface area (Å²) in [6.45, 7) is 8.04. The fourth-order valence-corrected chi connectivity index (χ4v) is 3.01. The summed E-state index contributed by atoms with van der Waals surface area (Å²) in [5.41, 5.74) is 2.65. The molecule has 2 aromatic rings. The molecule has 1 aliphatic rings. The number of rotatable bonds is 4. The van der Waals surface area contributed by atoms with Gasteiger partial charge in [-0.2, -0.15) is 5.10 Å². The molecule has 0 spiro atoms. The van der Waals surface area contributed by atoms with Crippen LogP contribution >= 0.6 is 0 Å². The molecular weight excluding hydrogens is 314 g/mol. The molecule has 134 valence electrons. The molecule has 5 nitrogen and oxygen atoms in total. The van der Waals surface area contributed by atoms with Crippen molar-refractivity contribution < 1.29 is 9.53 Å². The molecule has 1 amide bonds. The van der Waals surface area contributed by atoms with Crippen molar-refractivity contribution in [2.45, 2.75) is 58.1 Å². The summed E-state index contributed by atoms with van der Waals surface area (Å²) in [5, 5.41) is 7.24. The molecule has 1 aromatic carbocycles. The van der Waals surface area contributed by atoms with Gasteiger partial charge in [-0.05, 0) is 42.4 Å². The Labute approximate surface area is 149 Å². The Hall–Kier alpha value is -2.14. The highest BCUT2D eigenvalue weighted by molar-refractivity contribution is 6.04. The summed E-state index contributed by atoms with van der Waals surface area (Å²) in [5.74, 6) is -0.117. The highest BCUT2D eigenvalue weighted by atomic mass is 16.5. The summed E-state index contributed by atoms with van der Waals surface area (Å²) >= 11 is 0. The van der Waals surface area contributed by atoms with Crippen LogP contribution in [0.15, 0.2) is 36.7 Å². The topological polar surface area (TPSA) is 56.2 Å². The van der Waals surface area contributed by atoms with Crippen molar-refractivity contribution >= 4 is 11.6 Å². The lowest BCUT2D eigenvalue weighted by Gasteiger charge is -2.22. The average Bonchev–Trinajstić information content (AvgIpc) is 3.02. The molecule has 1 N–H and O–H groups in total. The molecule has 1 unspecified atom stereocenters. The van der Waals surface area contributed by atoms with Crippen LogP contribution in [0.2, 0.25) is 0 Å². The summed E-state index contributed by atoms with van der Waals surface area (Å²) in [4.78, 5) is 12.4. The van der Waals surface area contributed by atoms with Crippen LogP contribution < -0.4 is 5.32 Å². The first-order valence-corrected chi connectivity index (χ1v) is 8.98. The molecule has 1 fully saturated rings. The van der Waals surface area contributed by atoms with Crippen molar-refractivity contribution in [1.29, 1.82) is 0 Å². The molecule has 0 bridgehead atoms. The number of hydrogen-bond donors (Lipinski definition) is 1. The first-order chi connectivity index (χ1) is 11.9. The number of amides is 1. The number of carbonyl (C=O) groups is 1. The molecule has 25 heavy (non-hydrogen) atoms. The van der Waals surface area contributed by atoms with Crippen molar-refractivity contribution in [1.82, 2.24) is 9.78 Å². The minimum atomic E-state index is -0.117. The highest BCUT2D eigenvalue weighted by Gasteiger charge is 2.16. The van der Waals surface area contributed by atoms with E-state index < -0.39 is 0 Å². The lowest BCUT2D eigenvalue weighted by molar-refractivity contribution is 0.00401. The predicted molar refractivity (Wildman–Crippen MR) is 98.9 cm³/mol. The normalized spacial score (nSPS) is 18.1. The molecule has 0 radical (unpaired) electrons. The van der Waals surface area contributed by atoms with E-state index in [0.29, 0.717) is 11.3 Å². The van der Waals surface area contributed by atoms with E-state index in [1.54, 1.807) is 6.20 Å². The smallest absolute Gasteiger partial charge is 0.255 e. The van der Waals surface area contributed by atoms with E-state index in [9.17, 15) is 4.79 Å². The minimum absolute atomic E-state index is 0.0807. The Morgan fingerprint density at radius 1 is 1.28 bits per heavy atom. The van der Waals surface area contributed by atoms with Gasteiger partial charge in [-0.3, -0.25) is 9.48 Å². The van der Waals surface area contributed by atoms with Gasteiger partial charge in [-0.1, -0.05) is 32.9 Å². The molecule has 2 heterocycles. The average molecular weight is 341 g/mol. The maximum absolute atomic E-state index is 12.4. The minimum Gasteiger partial charge on any atom is -0.376 e. The molecule has 3 rings (SSSR count). The monoisotopic (exact) mass is 341 g/mol. The second-order valence-corrected chi connectivity index (χ2v) is 7.72. The van der Waals surface area contributed by atoms with Gasteiger partial charge in [-0.25, -0.2) is 0 Å². The zero-order chi connectivity index (χ0) is 17.9. The van der Waals surface area contributed by atoms with Crippen molar-refractivity contribution in [2.24, 2.45) is 0 Å². The van der Waals surface area contributed by atoms with Gasteiger partial charge in [0.25, 0.3) is 5.91 Å². The molecule has 1 atom stereocenters. The molecule has 0 saturated carbocycles. The Morgan fingerprint density at radius 3 is 2.68 bits per heavy atom. The van der Waals surface area contributed by atoms with Gasteiger partial charge >= 0.3 is 0 Å². The van der Waals surface area contributed by atoms with Gasteiger partial charge in [0, 0.05) is 18.4 Å². The van der Waals surface area contributed by atoms with Gasteiger partial charge in [-0.15, -0.1) is 0 Å². The zero-order valence-corrected chi connectivity index (χ0v) is 15.3. The van der Waals surface area contributed by atoms with E-state index in [1.807, 2.05) is 35.1 Å². The number of ether oxygens (including phenoxy) is 1. The molecule has 1 saturated heterocycles. The molecular formula is C20H27N3O2. The molecule has 1 aliphatic heterocycles. The van der Waals surface area contributed by atoms with Gasteiger partial charge in [0.15, 0.2) is 0 Å². The first-order valence-electron chi connectivity index (χ1n) is 8.98. The van der Waals surface area contributed by atoms with E-state index >= 15 is 0 Å². The Bertz CT molecular complexity index is 707. The Balaban J connectivity index is 1.59. The van der Waals surface area contributed by atoms with Crippen LogP contribution in [0.25, 0.3) is 0 Å². The number of aromatic nitrogens is 2. The second-order valence-electron chi connectivity index (χ2n) is 7.72. The maximum Gasteiger partial charge on any atom is 0.255 e. The van der Waals surface area contributed by atoms with Crippen molar-refractivity contribution in [2.75, 3.05) is 11.9 Å². The molecule has 0 aliphatic carbocycles. The quantitative estimate of drug-likeness (QED) is 0.914. The van der Waals surface area contributed by atoms with Crippen molar-refractivity contribution in [3.63, 3.8) is 0 Å². The van der Waals surface area contributed by atoms with Crippen LogP contribution in [0.3, 0.4) is 0 Å². The number of carbonyl (C=O) groups excluding carboxylic acids is 1. The third-order valence-electron chi connectivity index (χ3n) is 4.57. The van der Waals surface area contributed by atoms with Gasteiger partial charge in [0.1, 0.15) is 0 Å². The summed E-state index contributed by atoms with van der Waals surface area (Å²) in [6, 6.07) is 7.77. The van der Waals surface area contributed by atoms with Crippen LogP contribution in [0.4, 0.5) is 5.69 Å². The largest absolute Gasteiger partial charge is 0.376 e. The van der Waals surface area contributed by atoms with E-state index in [0.717, 1.165) is 26.0 Å². The number of hydrogen-bond acceptors (Lipinski definition) is 3. The van der Waals surface area contributed by atoms with E-state index in [-0.39, 0.29) is 17.4 Å². The number of anilines is 1. The standard InChI is InChI=1S/C20H27N3O2/c1-20(2,3)16-9-7-15(8-10-16)19(24)22-17-12-21-23(13-17)14-18-6-4-5-11-25-18/h7-10,12-13,18H,4-6,11,14H2,1-3H3,(H,22,24). The number of nitrogens with one attached hydrogen (secondary N) is 1. The van der Waals surface area contributed by atoms with Crippen molar-refractivity contribution in [3.05, 3.63) is 47.8 Å². The molecule has 5 heteroatoms. The fraction of sp³-hybridized carbons (Fsp3) is 0.500. The van der Waals surface area contributed by atoms with Crippen molar-refractivity contribution in [3.8, 4) is 0 Å². The van der Waals surface area contributed by atoms with Gasteiger partial charge in [0.05, 0.1) is 24.5 Å². The zero-order valence-electron chi connectivity index (χ0n) is 15.3. The number of benzene rings is 1. The first kappa shape index (κ1) is 17.7. The number of nitrogens with zero attached hydrogens (tertiary/aromatic N) is 2. The Kier molecular flexibility index (Phi) is 5.23. The third-order valence-corrected chi connectivity index (χ3v) is 4.57. The van der Waals surface area contributed by atoms with E-state index in [1.165, 1.54) is 12.0 Å². The highest BCUT2D eigenvalue weighted by Crippen LogP contribution is 2.22.